The largest absolute Gasteiger partial charge is 0.478 e. The minimum Gasteiger partial charge on any atom is -0.478 e. The second-order valence-electron chi connectivity index (χ2n) is 7.43. The van der Waals surface area contributed by atoms with Crippen LogP contribution in [0.1, 0.15) is 53.1 Å². The van der Waals surface area contributed by atoms with Crippen LogP contribution in [0.25, 0.3) is 0 Å². The summed E-state index contributed by atoms with van der Waals surface area (Å²) < 4.78 is 0. The maximum atomic E-state index is 11.6. The van der Waals surface area contributed by atoms with Gasteiger partial charge in [0.25, 0.3) is 0 Å². The highest BCUT2D eigenvalue weighted by atomic mass is 16.4. The molecule has 2 atom stereocenters. The van der Waals surface area contributed by atoms with Crippen molar-refractivity contribution < 1.29 is 9.90 Å². The third kappa shape index (κ3) is 2.90. The van der Waals surface area contributed by atoms with Crippen LogP contribution in [0.3, 0.4) is 0 Å². The van der Waals surface area contributed by atoms with Crippen molar-refractivity contribution in [2.24, 2.45) is 5.92 Å². The lowest BCUT2D eigenvalue weighted by Gasteiger charge is -2.45. The molecule has 1 aliphatic carbocycles. The Morgan fingerprint density at radius 2 is 2.09 bits per heavy atom. The topological polar surface area (TPSA) is 52.6 Å². The quantitative estimate of drug-likeness (QED) is 0.896. The standard InChI is InChI=1S/C19H26N2O2/c22-19(23)16-6-2-4-14-3-1-5-15(18(14)16)11-20-17-12-21-9-7-13(17)8-10-21/h2,4,6,13,15,17,20H,1,3,5,7-12H2,(H,22,23)/t15-,17+/m0/s1. The molecule has 23 heavy (non-hydrogen) atoms. The van der Waals surface area contributed by atoms with Gasteiger partial charge < -0.3 is 15.3 Å². The Kier molecular flexibility index (Phi) is 4.12. The summed E-state index contributed by atoms with van der Waals surface area (Å²) in [6.07, 6.45) is 5.93. The van der Waals surface area contributed by atoms with E-state index in [0.717, 1.165) is 30.9 Å². The van der Waals surface area contributed by atoms with Crippen LogP contribution in [0.2, 0.25) is 0 Å². The van der Waals surface area contributed by atoms with Gasteiger partial charge in [-0.05, 0) is 74.2 Å². The zero-order valence-corrected chi connectivity index (χ0v) is 13.6. The van der Waals surface area contributed by atoms with Gasteiger partial charge in [-0.1, -0.05) is 12.1 Å². The highest BCUT2D eigenvalue weighted by Crippen LogP contribution is 2.35. The average Bonchev–Trinajstić information content (AvgIpc) is 2.60. The van der Waals surface area contributed by atoms with Gasteiger partial charge in [-0.3, -0.25) is 0 Å². The molecular weight excluding hydrogens is 288 g/mol. The summed E-state index contributed by atoms with van der Waals surface area (Å²) in [6, 6.07) is 6.38. The number of piperidine rings is 3. The average molecular weight is 314 g/mol. The van der Waals surface area contributed by atoms with Crippen LogP contribution in [-0.4, -0.2) is 48.2 Å². The van der Waals surface area contributed by atoms with Gasteiger partial charge in [-0.2, -0.15) is 0 Å². The fraction of sp³-hybridized carbons (Fsp3) is 0.632. The van der Waals surface area contributed by atoms with Crippen molar-refractivity contribution in [3.05, 3.63) is 34.9 Å². The maximum absolute atomic E-state index is 11.6. The Labute approximate surface area is 137 Å². The third-order valence-corrected chi connectivity index (χ3v) is 6.12. The van der Waals surface area contributed by atoms with Gasteiger partial charge in [0.15, 0.2) is 0 Å². The second kappa shape index (κ2) is 6.25. The van der Waals surface area contributed by atoms with Crippen molar-refractivity contribution in [1.29, 1.82) is 0 Å². The van der Waals surface area contributed by atoms with Crippen molar-refractivity contribution in [2.75, 3.05) is 26.2 Å². The van der Waals surface area contributed by atoms with Crippen molar-refractivity contribution in [3.63, 3.8) is 0 Å². The van der Waals surface area contributed by atoms with Gasteiger partial charge in [0, 0.05) is 19.1 Å². The van der Waals surface area contributed by atoms with E-state index >= 15 is 0 Å². The number of carboxylic acid groups (broad SMARTS) is 1. The van der Waals surface area contributed by atoms with E-state index in [0.29, 0.717) is 17.5 Å². The van der Waals surface area contributed by atoms with E-state index in [-0.39, 0.29) is 0 Å². The number of aryl methyl sites for hydroxylation is 1. The van der Waals surface area contributed by atoms with Crippen molar-refractivity contribution >= 4 is 5.97 Å². The molecule has 2 bridgehead atoms. The molecule has 4 nitrogen and oxygen atoms in total. The molecule has 1 aromatic rings. The Morgan fingerprint density at radius 3 is 2.78 bits per heavy atom. The second-order valence-corrected chi connectivity index (χ2v) is 7.43. The van der Waals surface area contributed by atoms with Gasteiger partial charge >= 0.3 is 5.97 Å². The van der Waals surface area contributed by atoms with Crippen LogP contribution in [0, 0.1) is 5.92 Å². The Balaban J connectivity index is 1.50. The Hall–Kier alpha value is -1.39. The van der Waals surface area contributed by atoms with Crippen LogP contribution in [0.15, 0.2) is 18.2 Å². The lowest BCUT2D eigenvalue weighted by Crippen LogP contribution is -2.56. The molecule has 0 unspecified atom stereocenters. The van der Waals surface area contributed by atoms with E-state index in [1.165, 1.54) is 44.5 Å². The number of aromatic carboxylic acids is 1. The monoisotopic (exact) mass is 314 g/mol. The molecule has 0 radical (unpaired) electrons. The lowest BCUT2D eigenvalue weighted by molar-refractivity contribution is 0.0690. The van der Waals surface area contributed by atoms with Crippen molar-refractivity contribution in [1.82, 2.24) is 10.2 Å². The fourth-order valence-corrected chi connectivity index (χ4v) is 4.88. The molecule has 0 saturated carbocycles. The zero-order chi connectivity index (χ0) is 15.8. The number of hydrogen-bond acceptors (Lipinski definition) is 3. The summed E-state index contributed by atoms with van der Waals surface area (Å²) in [7, 11) is 0. The number of carboxylic acids is 1. The third-order valence-electron chi connectivity index (χ3n) is 6.12. The van der Waals surface area contributed by atoms with Crippen LogP contribution in [0.4, 0.5) is 0 Å². The first kappa shape index (κ1) is 15.2. The van der Waals surface area contributed by atoms with Crippen LogP contribution >= 0.6 is 0 Å². The lowest BCUT2D eigenvalue weighted by atomic mass is 9.79. The van der Waals surface area contributed by atoms with Crippen LogP contribution in [-0.2, 0) is 6.42 Å². The van der Waals surface area contributed by atoms with E-state index in [1.807, 2.05) is 6.07 Å². The SMILES string of the molecule is O=C(O)c1cccc2c1[C@H](CN[C@@H]1CN3CCC1CC3)CCC2. The van der Waals surface area contributed by atoms with Crippen molar-refractivity contribution in [3.8, 4) is 0 Å². The molecule has 3 saturated heterocycles. The molecule has 0 amide bonds. The molecule has 2 N–H and O–H groups in total. The Bertz CT molecular complexity index is 593. The summed E-state index contributed by atoms with van der Waals surface area (Å²) in [6.45, 7) is 4.62. The number of carbonyl (C=O) groups is 1. The number of rotatable bonds is 4. The van der Waals surface area contributed by atoms with Gasteiger partial charge in [0.05, 0.1) is 5.56 Å². The molecule has 4 heteroatoms. The first-order chi connectivity index (χ1) is 11.2. The number of fused-ring (bicyclic) bond motifs is 4. The van der Waals surface area contributed by atoms with E-state index in [4.69, 9.17) is 0 Å². The number of hydrogen-bond donors (Lipinski definition) is 2. The van der Waals surface area contributed by atoms with E-state index in [1.54, 1.807) is 6.07 Å². The molecule has 3 aliphatic heterocycles. The Morgan fingerprint density at radius 1 is 1.26 bits per heavy atom. The first-order valence-electron chi connectivity index (χ1n) is 9.03. The minimum atomic E-state index is -0.781. The molecule has 4 aliphatic rings. The van der Waals surface area contributed by atoms with Crippen molar-refractivity contribution in [2.45, 2.75) is 44.1 Å². The maximum Gasteiger partial charge on any atom is 0.335 e. The number of benzene rings is 1. The summed E-state index contributed by atoms with van der Waals surface area (Å²) in [4.78, 5) is 14.2. The number of nitrogens with one attached hydrogen (secondary N) is 1. The molecule has 1 aromatic carbocycles. The van der Waals surface area contributed by atoms with Gasteiger partial charge in [-0.25, -0.2) is 4.79 Å². The summed E-state index contributed by atoms with van der Waals surface area (Å²) >= 11 is 0. The molecule has 124 valence electrons. The molecule has 0 spiro atoms. The molecular formula is C19H26N2O2. The minimum absolute atomic E-state index is 0.349. The molecule has 3 heterocycles. The van der Waals surface area contributed by atoms with E-state index in [9.17, 15) is 9.90 Å². The predicted octanol–water partition coefficient (Wildman–Crippen LogP) is 2.49. The smallest absolute Gasteiger partial charge is 0.335 e. The first-order valence-corrected chi connectivity index (χ1v) is 9.03. The summed E-state index contributed by atoms with van der Waals surface area (Å²) in [5.41, 5.74) is 2.86. The summed E-state index contributed by atoms with van der Waals surface area (Å²) in [5.74, 6) is 0.385. The fourth-order valence-electron chi connectivity index (χ4n) is 4.88. The zero-order valence-electron chi connectivity index (χ0n) is 13.6. The van der Waals surface area contributed by atoms with Crippen LogP contribution in [0.5, 0.6) is 0 Å². The van der Waals surface area contributed by atoms with Gasteiger partial charge in [0.2, 0.25) is 0 Å². The normalized spacial score (nSPS) is 32.5. The van der Waals surface area contributed by atoms with Gasteiger partial charge in [0.1, 0.15) is 0 Å². The molecule has 3 fully saturated rings. The highest BCUT2D eigenvalue weighted by Gasteiger charge is 2.34. The molecule has 5 rings (SSSR count). The summed E-state index contributed by atoms with van der Waals surface area (Å²) in [5, 5.41) is 13.3. The number of nitrogens with zero attached hydrogens (tertiary/aromatic N) is 1. The van der Waals surface area contributed by atoms with Crippen LogP contribution < -0.4 is 5.32 Å². The molecule has 0 aromatic heterocycles. The van der Waals surface area contributed by atoms with E-state index in [2.05, 4.69) is 16.3 Å². The predicted molar refractivity (Wildman–Crippen MR) is 90.0 cm³/mol. The highest BCUT2D eigenvalue weighted by molar-refractivity contribution is 5.90. The van der Waals surface area contributed by atoms with E-state index < -0.39 is 5.97 Å². The van der Waals surface area contributed by atoms with Gasteiger partial charge in [-0.15, -0.1) is 0 Å².